The second kappa shape index (κ2) is 14.8. The molecule has 2 nitrogen and oxygen atoms in total. The first-order valence-electron chi connectivity index (χ1n) is 22.2. The van der Waals surface area contributed by atoms with E-state index in [1.54, 1.807) is 0 Å². The molecule has 0 radical (unpaired) electrons. The number of nitrogens with zero attached hydrogens (tertiary/aromatic N) is 2. The van der Waals surface area contributed by atoms with Gasteiger partial charge in [0, 0.05) is 45.4 Å². The number of rotatable bonds is 7. The van der Waals surface area contributed by atoms with E-state index in [1.807, 2.05) is 0 Å². The highest BCUT2D eigenvalue weighted by molar-refractivity contribution is 6.10. The maximum absolute atomic E-state index is 2.46. The number of hydrogen-bond acceptors (Lipinski definition) is 1. The van der Waals surface area contributed by atoms with Gasteiger partial charge in [0.25, 0.3) is 0 Å². The van der Waals surface area contributed by atoms with Gasteiger partial charge in [-0.1, -0.05) is 176 Å². The fourth-order valence-corrected chi connectivity index (χ4v) is 11.2. The SMILES string of the molecule is C/C(=C\C=C(/C)N(c1cccc(-c2ccccc2)c1)c1ccc2c3ccccc3n(-c3ccccc3)c2c1)c1ccc2c(c1)-c1ccccc1C21c2ccccc2C2C=CC=CC21. The first-order valence-corrected chi connectivity index (χ1v) is 22.2. The molecule has 2 heteroatoms. The Morgan fingerprint density at radius 2 is 1.19 bits per heavy atom. The molecule has 0 N–H and O–H groups in total. The van der Waals surface area contributed by atoms with Crippen molar-refractivity contribution >= 4 is 38.8 Å². The van der Waals surface area contributed by atoms with Crippen LogP contribution in [0.15, 0.2) is 236 Å². The zero-order valence-electron chi connectivity index (χ0n) is 35.5. The van der Waals surface area contributed by atoms with E-state index in [2.05, 4.69) is 254 Å². The molecule has 0 aliphatic heterocycles. The Bertz CT molecular complexity index is 3380. The largest absolute Gasteiger partial charge is 0.314 e. The summed E-state index contributed by atoms with van der Waals surface area (Å²) in [4.78, 5) is 2.41. The molecule has 3 atom stereocenters. The van der Waals surface area contributed by atoms with Crippen LogP contribution in [0.2, 0.25) is 0 Å². The third kappa shape index (κ3) is 5.71. The molecule has 12 rings (SSSR count). The van der Waals surface area contributed by atoms with Gasteiger partial charge in [0.05, 0.1) is 16.4 Å². The van der Waals surface area contributed by atoms with Gasteiger partial charge >= 0.3 is 0 Å². The second-order valence-corrected chi connectivity index (χ2v) is 17.3. The fraction of sp³-hybridized carbons (Fsp3) is 0.0820. The molecule has 63 heavy (non-hydrogen) atoms. The molecule has 1 spiro atoms. The van der Waals surface area contributed by atoms with E-state index in [9.17, 15) is 0 Å². The molecule has 3 unspecified atom stereocenters. The molecular weight excluding hydrogens is 761 g/mol. The summed E-state index contributed by atoms with van der Waals surface area (Å²) >= 11 is 0. The number of anilines is 2. The van der Waals surface area contributed by atoms with E-state index < -0.39 is 0 Å². The Balaban J connectivity index is 0.983. The summed E-state index contributed by atoms with van der Waals surface area (Å²) in [5, 5.41) is 2.49. The molecule has 3 aliphatic carbocycles. The summed E-state index contributed by atoms with van der Waals surface area (Å²) in [6, 6.07) is 71.6. The Morgan fingerprint density at radius 1 is 0.508 bits per heavy atom. The van der Waals surface area contributed by atoms with E-state index in [0.29, 0.717) is 11.8 Å². The number of aromatic nitrogens is 1. The Hall–Kier alpha value is -7.68. The number of fused-ring (bicyclic) bond motifs is 13. The molecule has 300 valence electrons. The van der Waals surface area contributed by atoms with Gasteiger partial charge in [-0.3, -0.25) is 0 Å². The van der Waals surface area contributed by atoms with Crippen molar-refractivity contribution in [3.8, 4) is 27.9 Å². The monoisotopic (exact) mass is 806 g/mol. The Labute approximate surface area is 369 Å². The van der Waals surface area contributed by atoms with Gasteiger partial charge in [0.1, 0.15) is 0 Å². The van der Waals surface area contributed by atoms with Crippen LogP contribution in [-0.4, -0.2) is 4.57 Å². The number of para-hydroxylation sites is 2. The molecular formula is C61H46N2. The minimum atomic E-state index is -0.219. The van der Waals surface area contributed by atoms with E-state index >= 15 is 0 Å². The lowest BCUT2D eigenvalue weighted by Crippen LogP contribution is -2.32. The summed E-state index contributed by atoms with van der Waals surface area (Å²) < 4.78 is 2.40. The summed E-state index contributed by atoms with van der Waals surface area (Å²) in [5.41, 5.74) is 19.9. The van der Waals surface area contributed by atoms with Crippen molar-refractivity contribution in [2.75, 3.05) is 4.90 Å². The van der Waals surface area contributed by atoms with Crippen molar-refractivity contribution < 1.29 is 0 Å². The summed E-state index contributed by atoms with van der Waals surface area (Å²) in [6.07, 6.45) is 14.0. The smallest absolute Gasteiger partial charge is 0.0561 e. The van der Waals surface area contributed by atoms with Crippen molar-refractivity contribution in [2.45, 2.75) is 25.2 Å². The summed E-state index contributed by atoms with van der Waals surface area (Å²) in [5.74, 6) is 0.688. The van der Waals surface area contributed by atoms with Crippen molar-refractivity contribution in [2.24, 2.45) is 5.92 Å². The van der Waals surface area contributed by atoms with Gasteiger partial charge in [-0.25, -0.2) is 0 Å². The highest BCUT2D eigenvalue weighted by Gasteiger charge is 2.56. The van der Waals surface area contributed by atoms with Crippen LogP contribution in [0, 0.1) is 5.92 Å². The maximum Gasteiger partial charge on any atom is 0.0561 e. The minimum Gasteiger partial charge on any atom is -0.314 e. The van der Waals surface area contributed by atoms with E-state index in [4.69, 9.17) is 0 Å². The minimum absolute atomic E-state index is 0.219. The van der Waals surface area contributed by atoms with Gasteiger partial charge in [-0.2, -0.15) is 0 Å². The predicted molar refractivity (Wildman–Crippen MR) is 265 cm³/mol. The summed E-state index contributed by atoms with van der Waals surface area (Å²) in [6.45, 7) is 4.49. The predicted octanol–water partition coefficient (Wildman–Crippen LogP) is 15.8. The van der Waals surface area contributed by atoms with E-state index in [-0.39, 0.29) is 5.41 Å². The topological polar surface area (TPSA) is 8.17 Å². The van der Waals surface area contributed by atoms with Crippen LogP contribution in [-0.2, 0) is 5.41 Å². The molecule has 0 bridgehead atoms. The maximum atomic E-state index is 2.46. The standard InChI is InChI=1S/C61H46N2/c1-41(44-34-37-58-54(39-44)51-26-11-15-30-57(51)61(58)55-28-13-9-24-49(55)50-25-10-14-29-56(50)61)32-33-42(2)62(47-23-17-20-45(38-47)43-18-5-3-6-19-43)48-35-36-53-52-27-12-16-31-59(52)63(60(53)40-48)46-21-7-4-8-22-46/h3-40,49,55H,1-2H3/b41-32+,42-33+. The van der Waals surface area contributed by atoms with Gasteiger partial charge in [0.2, 0.25) is 0 Å². The molecule has 0 fully saturated rings. The average molecular weight is 807 g/mol. The van der Waals surface area contributed by atoms with Crippen molar-refractivity contribution in [3.05, 3.63) is 264 Å². The van der Waals surface area contributed by atoms with Gasteiger partial charge < -0.3 is 9.47 Å². The van der Waals surface area contributed by atoms with Crippen molar-refractivity contribution in [3.63, 3.8) is 0 Å². The van der Waals surface area contributed by atoms with E-state index in [0.717, 1.165) is 22.8 Å². The van der Waals surface area contributed by atoms with Crippen LogP contribution < -0.4 is 4.90 Å². The van der Waals surface area contributed by atoms with Crippen molar-refractivity contribution in [1.29, 1.82) is 0 Å². The zero-order chi connectivity index (χ0) is 42.1. The molecule has 0 saturated carbocycles. The third-order valence-corrected chi connectivity index (χ3v) is 14.0. The van der Waals surface area contributed by atoms with Crippen LogP contribution >= 0.6 is 0 Å². The Morgan fingerprint density at radius 3 is 2.06 bits per heavy atom. The first-order chi connectivity index (χ1) is 31.1. The van der Waals surface area contributed by atoms with Crippen LogP contribution in [0.4, 0.5) is 11.4 Å². The average Bonchev–Trinajstić information content (AvgIpc) is 3.95. The van der Waals surface area contributed by atoms with Crippen LogP contribution in [0.1, 0.15) is 47.6 Å². The molecule has 1 aromatic heterocycles. The summed E-state index contributed by atoms with van der Waals surface area (Å²) in [7, 11) is 0. The number of hydrogen-bond donors (Lipinski definition) is 0. The molecule has 3 aliphatic rings. The molecule has 1 heterocycles. The number of allylic oxidation sites excluding steroid dienone is 8. The lowest BCUT2D eigenvalue weighted by molar-refractivity contribution is 0.465. The first kappa shape index (κ1) is 37.1. The normalized spacial score (nSPS) is 18.4. The lowest BCUT2D eigenvalue weighted by Gasteiger charge is -2.36. The van der Waals surface area contributed by atoms with Crippen LogP contribution in [0.25, 0.3) is 55.3 Å². The zero-order valence-corrected chi connectivity index (χ0v) is 35.5. The lowest BCUT2D eigenvalue weighted by atomic mass is 9.65. The van der Waals surface area contributed by atoms with Crippen molar-refractivity contribution in [1.82, 2.24) is 4.57 Å². The van der Waals surface area contributed by atoms with Crippen LogP contribution in [0.3, 0.4) is 0 Å². The highest BCUT2D eigenvalue weighted by atomic mass is 15.1. The molecule has 0 saturated heterocycles. The van der Waals surface area contributed by atoms with Gasteiger partial charge in [0.15, 0.2) is 0 Å². The Kier molecular flexibility index (Phi) is 8.69. The second-order valence-electron chi connectivity index (χ2n) is 17.3. The van der Waals surface area contributed by atoms with Gasteiger partial charge in [-0.05, 0) is 124 Å². The van der Waals surface area contributed by atoms with E-state index in [1.165, 1.54) is 77.5 Å². The molecule has 9 aromatic rings. The van der Waals surface area contributed by atoms with Crippen LogP contribution in [0.5, 0.6) is 0 Å². The highest BCUT2D eigenvalue weighted by Crippen LogP contribution is 2.65. The quantitative estimate of drug-likeness (QED) is 0.146. The van der Waals surface area contributed by atoms with Gasteiger partial charge in [-0.15, -0.1) is 0 Å². The third-order valence-electron chi connectivity index (χ3n) is 14.0. The molecule has 0 amide bonds. The molecule has 8 aromatic carbocycles. The number of benzene rings is 8. The fourth-order valence-electron chi connectivity index (χ4n) is 11.2.